The summed E-state index contributed by atoms with van der Waals surface area (Å²) in [7, 11) is 1.66. The van der Waals surface area contributed by atoms with Gasteiger partial charge in [0.15, 0.2) is 5.78 Å². The van der Waals surface area contributed by atoms with Crippen molar-refractivity contribution < 1.29 is 19.2 Å². The second-order valence-electron chi connectivity index (χ2n) is 9.48. The van der Waals surface area contributed by atoms with Gasteiger partial charge < -0.3 is 14.5 Å². The van der Waals surface area contributed by atoms with Gasteiger partial charge >= 0.3 is 0 Å². The molecule has 6 heteroatoms. The third kappa shape index (κ3) is 3.22. The number of hydrogen-bond donors (Lipinski definition) is 0. The SMILES string of the molecule is CON1CCC2(CC1)C(=O)C(c1c(C)cc(C)cc1C)C(=O)N2CC1(C)COC1. The van der Waals surface area contributed by atoms with Crippen LogP contribution in [0.5, 0.6) is 0 Å². The number of aryl methyl sites for hydroxylation is 3. The number of carbonyl (C=O) groups excluding carboxylic acids is 2. The van der Waals surface area contributed by atoms with Crippen molar-refractivity contribution in [1.82, 2.24) is 9.96 Å². The number of amides is 1. The van der Waals surface area contributed by atoms with Crippen LogP contribution in [0.4, 0.5) is 0 Å². The van der Waals surface area contributed by atoms with Crippen molar-refractivity contribution in [1.29, 1.82) is 0 Å². The first kappa shape index (κ1) is 20.5. The average Bonchev–Trinajstić information content (AvgIpc) is 2.83. The molecular formula is C23H32N2O4. The Bertz CT molecular complexity index is 814. The molecule has 3 aliphatic rings. The molecule has 0 aliphatic carbocycles. The summed E-state index contributed by atoms with van der Waals surface area (Å²) in [5.41, 5.74) is 3.29. The fourth-order valence-corrected chi connectivity index (χ4v) is 5.49. The van der Waals surface area contributed by atoms with Crippen LogP contribution >= 0.6 is 0 Å². The summed E-state index contributed by atoms with van der Waals surface area (Å²) in [5, 5.41) is 1.88. The van der Waals surface area contributed by atoms with Gasteiger partial charge in [-0.25, -0.2) is 0 Å². The summed E-state index contributed by atoms with van der Waals surface area (Å²) in [4.78, 5) is 35.0. The summed E-state index contributed by atoms with van der Waals surface area (Å²) in [5.74, 6) is -0.671. The number of carbonyl (C=O) groups is 2. The monoisotopic (exact) mass is 400 g/mol. The van der Waals surface area contributed by atoms with Crippen LogP contribution in [-0.2, 0) is 19.2 Å². The number of ether oxygens (including phenoxy) is 1. The third-order valence-corrected chi connectivity index (χ3v) is 7.03. The zero-order valence-corrected chi connectivity index (χ0v) is 18.2. The number of hydroxylamine groups is 2. The van der Waals surface area contributed by atoms with Gasteiger partial charge in [0.1, 0.15) is 11.5 Å². The Morgan fingerprint density at radius 2 is 1.69 bits per heavy atom. The third-order valence-electron chi connectivity index (χ3n) is 7.03. The highest BCUT2D eigenvalue weighted by Gasteiger charge is 2.61. The van der Waals surface area contributed by atoms with Crippen LogP contribution < -0.4 is 0 Å². The first-order chi connectivity index (χ1) is 13.7. The van der Waals surface area contributed by atoms with Crippen LogP contribution in [0, 0.1) is 26.2 Å². The molecule has 1 atom stereocenters. The first-order valence-electron chi connectivity index (χ1n) is 10.5. The molecule has 0 saturated carbocycles. The highest BCUT2D eigenvalue weighted by Crippen LogP contribution is 2.46. The molecule has 1 unspecified atom stereocenters. The Balaban J connectivity index is 1.75. The highest BCUT2D eigenvalue weighted by molar-refractivity contribution is 6.17. The number of piperidine rings is 1. The van der Waals surface area contributed by atoms with E-state index in [4.69, 9.17) is 9.57 Å². The Kier molecular flexibility index (Phi) is 5.08. The van der Waals surface area contributed by atoms with Crippen LogP contribution in [0.1, 0.15) is 47.9 Å². The quantitative estimate of drug-likeness (QED) is 0.727. The lowest BCUT2D eigenvalue weighted by atomic mass is 9.77. The smallest absolute Gasteiger partial charge is 0.238 e. The largest absolute Gasteiger partial charge is 0.380 e. The predicted molar refractivity (Wildman–Crippen MR) is 110 cm³/mol. The van der Waals surface area contributed by atoms with E-state index in [0.29, 0.717) is 45.7 Å². The zero-order chi connectivity index (χ0) is 21.0. The van der Waals surface area contributed by atoms with Gasteiger partial charge in [-0.2, -0.15) is 5.06 Å². The van der Waals surface area contributed by atoms with E-state index in [1.54, 1.807) is 7.11 Å². The number of ketones is 1. The van der Waals surface area contributed by atoms with Crippen LogP contribution in [0.25, 0.3) is 0 Å². The fourth-order valence-electron chi connectivity index (χ4n) is 5.49. The van der Waals surface area contributed by atoms with E-state index in [2.05, 4.69) is 19.1 Å². The maximum Gasteiger partial charge on any atom is 0.238 e. The molecule has 3 saturated heterocycles. The molecule has 3 fully saturated rings. The van der Waals surface area contributed by atoms with Gasteiger partial charge in [0.25, 0.3) is 0 Å². The van der Waals surface area contributed by atoms with E-state index in [0.717, 1.165) is 22.3 Å². The lowest BCUT2D eigenvalue weighted by Crippen LogP contribution is -2.60. The molecule has 29 heavy (non-hydrogen) atoms. The summed E-state index contributed by atoms with van der Waals surface area (Å²) >= 11 is 0. The number of rotatable bonds is 4. The lowest BCUT2D eigenvalue weighted by molar-refractivity contribution is -0.176. The zero-order valence-electron chi connectivity index (χ0n) is 18.2. The number of benzene rings is 1. The van der Waals surface area contributed by atoms with Crippen LogP contribution in [0.2, 0.25) is 0 Å². The van der Waals surface area contributed by atoms with Crippen molar-refractivity contribution in [2.24, 2.45) is 5.41 Å². The standard InChI is InChI=1S/C23H32N2O4/c1-15-10-16(2)18(17(3)11-15)19-20(26)23(6-8-24(28-5)9-7-23)25(21(19)27)12-22(4)13-29-14-22/h10-11,19H,6-9,12-14H2,1-5H3. The molecule has 1 amide bonds. The van der Waals surface area contributed by atoms with Gasteiger partial charge in [-0.3, -0.25) is 9.59 Å². The molecule has 6 nitrogen and oxygen atoms in total. The normalized spacial score (nSPS) is 26.2. The van der Waals surface area contributed by atoms with E-state index in [1.807, 2.05) is 30.7 Å². The van der Waals surface area contributed by atoms with Crippen molar-refractivity contribution in [2.45, 2.75) is 52.0 Å². The Hall–Kier alpha value is -1.76. The topological polar surface area (TPSA) is 59.1 Å². The molecule has 0 N–H and O–H groups in total. The summed E-state index contributed by atoms with van der Waals surface area (Å²) in [6.45, 7) is 11.4. The van der Waals surface area contributed by atoms with Gasteiger partial charge in [0.05, 0.1) is 20.3 Å². The predicted octanol–water partition coefficient (Wildman–Crippen LogP) is 2.54. The van der Waals surface area contributed by atoms with E-state index < -0.39 is 11.5 Å². The Morgan fingerprint density at radius 3 is 2.17 bits per heavy atom. The van der Waals surface area contributed by atoms with Crippen LogP contribution in [-0.4, -0.2) is 67.2 Å². The Morgan fingerprint density at radius 1 is 1.10 bits per heavy atom. The lowest BCUT2D eigenvalue weighted by Gasteiger charge is -2.48. The minimum Gasteiger partial charge on any atom is -0.380 e. The average molecular weight is 401 g/mol. The molecule has 1 spiro atoms. The van der Waals surface area contributed by atoms with Gasteiger partial charge in [-0.05, 0) is 50.3 Å². The fraction of sp³-hybridized carbons (Fsp3) is 0.652. The van der Waals surface area contributed by atoms with Crippen molar-refractivity contribution in [3.63, 3.8) is 0 Å². The molecule has 3 heterocycles. The van der Waals surface area contributed by atoms with Gasteiger partial charge in [0, 0.05) is 25.0 Å². The molecule has 0 aromatic heterocycles. The van der Waals surface area contributed by atoms with E-state index in [1.165, 1.54) is 0 Å². The molecule has 1 aromatic rings. The van der Waals surface area contributed by atoms with Crippen LogP contribution in [0.15, 0.2) is 12.1 Å². The van der Waals surface area contributed by atoms with Crippen molar-refractivity contribution in [3.05, 3.63) is 34.4 Å². The molecule has 3 aliphatic heterocycles. The highest BCUT2D eigenvalue weighted by atomic mass is 16.7. The number of Topliss-reactive ketones (excluding diaryl/α,β-unsaturated/α-hetero) is 1. The van der Waals surface area contributed by atoms with Gasteiger partial charge in [-0.1, -0.05) is 24.6 Å². The van der Waals surface area contributed by atoms with Crippen LogP contribution in [0.3, 0.4) is 0 Å². The number of nitrogens with zero attached hydrogens (tertiary/aromatic N) is 2. The van der Waals surface area contributed by atoms with E-state index >= 15 is 0 Å². The summed E-state index contributed by atoms with van der Waals surface area (Å²) in [6, 6.07) is 4.15. The van der Waals surface area contributed by atoms with Crippen molar-refractivity contribution in [3.8, 4) is 0 Å². The molecule has 0 radical (unpaired) electrons. The second kappa shape index (κ2) is 7.18. The van der Waals surface area contributed by atoms with Gasteiger partial charge in [-0.15, -0.1) is 0 Å². The van der Waals surface area contributed by atoms with Crippen molar-refractivity contribution in [2.75, 3.05) is 40.0 Å². The molecular weight excluding hydrogens is 368 g/mol. The minimum absolute atomic E-state index is 0.0379. The molecule has 4 rings (SSSR count). The first-order valence-corrected chi connectivity index (χ1v) is 10.5. The molecule has 158 valence electrons. The van der Waals surface area contributed by atoms with Crippen molar-refractivity contribution >= 4 is 11.7 Å². The van der Waals surface area contributed by atoms with E-state index in [-0.39, 0.29) is 17.1 Å². The molecule has 0 bridgehead atoms. The Labute approximate surface area is 173 Å². The summed E-state index contributed by atoms with van der Waals surface area (Å²) < 4.78 is 5.43. The maximum absolute atomic E-state index is 13.9. The maximum atomic E-state index is 13.9. The minimum atomic E-state index is -0.737. The summed E-state index contributed by atoms with van der Waals surface area (Å²) in [6.07, 6.45) is 1.23. The van der Waals surface area contributed by atoms with Gasteiger partial charge in [0.2, 0.25) is 5.91 Å². The number of likely N-dealkylation sites (tertiary alicyclic amines) is 1. The number of hydrogen-bond acceptors (Lipinski definition) is 5. The second-order valence-corrected chi connectivity index (χ2v) is 9.48. The van der Waals surface area contributed by atoms with E-state index in [9.17, 15) is 9.59 Å². The molecule has 1 aromatic carbocycles.